The Morgan fingerprint density at radius 1 is 1.04 bits per heavy atom. The molecular formula is C19H18N2O2. The first-order valence-corrected chi connectivity index (χ1v) is 7.96. The lowest BCUT2D eigenvalue weighted by Crippen LogP contribution is -2.43. The molecule has 0 aromatic heterocycles. The van der Waals surface area contributed by atoms with Crippen LogP contribution in [0, 0.1) is 0 Å². The highest BCUT2D eigenvalue weighted by Gasteiger charge is 2.33. The number of primary amides is 1. The van der Waals surface area contributed by atoms with E-state index in [0.717, 1.165) is 12.8 Å². The van der Waals surface area contributed by atoms with Crippen molar-refractivity contribution >= 4 is 11.8 Å². The highest BCUT2D eigenvalue weighted by molar-refractivity contribution is 5.98. The van der Waals surface area contributed by atoms with Crippen molar-refractivity contribution in [2.45, 2.75) is 25.3 Å². The molecule has 1 fully saturated rings. The molecule has 2 amide bonds. The molecule has 0 saturated carbocycles. The van der Waals surface area contributed by atoms with Crippen molar-refractivity contribution in [1.29, 1.82) is 0 Å². The van der Waals surface area contributed by atoms with Crippen LogP contribution in [-0.4, -0.2) is 29.3 Å². The summed E-state index contributed by atoms with van der Waals surface area (Å²) in [4.78, 5) is 25.9. The van der Waals surface area contributed by atoms with Gasteiger partial charge in [0.05, 0.1) is 0 Å². The zero-order valence-electron chi connectivity index (χ0n) is 12.8. The Bertz CT molecular complexity index is 813. The highest BCUT2D eigenvalue weighted by atomic mass is 16.2. The van der Waals surface area contributed by atoms with Crippen LogP contribution in [0.5, 0.6) is 0 Å². The molecule has 4 nitrogen and oxygen atoms in total. The average Bonchev–Trinajstić information content (AvgIpc) is 3.18. The molecule has 23 heavy (non-hydrogen) atoms. The second-order valence-corrected chi connectivity index (χ2v) is 6.26. The Balaban J connectivity index is 1.66. The quantitative estimate of drug-likeness (QED) is 0.790. The van der Waals surface area contributed by atoms with E-state index < -0.39 is 11.9 Å². The smallest absolute Gasteiger partial charge is 0.254 e. The minimum Gasteiger partial charge on any atom is -0.368 e. The Labute approximate surface area is 134 Å². The number of hydrogen-bond acceptors (Lipinski definition) is 2. The minimum absolute atomic E-state index is 0.0925. The Hall–Kier alpha value is -2.62. The lowest BCUT2D eigenvalue weighted by atomic mass is 10.0. The van der Waals surface area contributed by atoms with Gasteiger partial charge in [0.1, 0.15) is 6.04 Å². The van der Waals surface area contributed by atoms with E-state index in [9.17, 15) is 9.59 Å². The van der Waals surface area contributed by atoms with Crippen LogP contribution in [-0.2, 0) is 11.2 Å². The molecule has 1 aliphatic carbocycles. The lowest BCUT2D eigenvalue weighted by Gasteiger charge is -2.22. The van der Waals surface area contributed by atoms with Crippen molar-refractivity contribution in [3.05, 3.63) is 59.2 Å². The lowest BCUT2D eigenvalue weighted by molar-refractivity contribution is -0.121. The number of benzene rings is 2. The summed E-state index contributed by atoms with van der Waals surface area (Å²) in [7, 11) is 0. The third-order valence-electron chi connectivity index (χ3n) is 4.88. The van der Waals surface area contributed by atoms with Crippen molar-refractivity contribution in [3.63, 3.8) is 0 Å². The summed E-state index contributed by atoms with van der Waals surface area (Å²) in [6, 6.07) is 13.7. The van der Waals surface area contributed by atoms with E-state index in [1.54, 1.807) is 4.90 Å². The van der Waals surface area contributed by atoms with Gasteiger partial charge >= 0.3 is 0 Å². The minimum atomic E-state index is -0.465. The van der Waals surface area contributed by atoms with Crippen LogP contribution in [0.3, 0.4) is 0 Å². The topological polar surface area (TPSA) is 63.4 Å². The summed E-state index contributed by atoms with van der Waals surface area (Å²) >= 11 is 0. The SMILES string of the molecule is NC(=O)C1CCCN1C(=O)c1ccc2c(c1)Cc1ccccc1-2. The molecule has 2 aromatic carbocycles. The molecule has 4 rings (SSSR count). The molecule has 2 aliphatic rings. The second kappa shape index (κ2) is 5.23. The predicted molar refractivity (Wildman–Crippen MR) is 87.9 cm³/mol. The van der Waals surface area contributed by atoms with E-state index >= 15 is 0 Å². The number of hydrogen-bond donors (Lipinski definition) is 1. The maximum absolute atomic E-state index is 12.8. The largest absolute Gasteiger partial charge is 0.368 e. The number of nitrogens with two attached hydrogens (primary N) is 1. The number of carbonyl (C=O) groups excluding carboxylic acids is 2. The van der Waals surface area contributed by atoms with Crippen molar-refractivity contribution < 1.29 is 9.59 Å². The van der Waals surface area contributed by atoms with Crippen LogP contribution in [0.4, 0.5) is 0 Å². The molecule has 2 aromatic rings. The summed E-state index contributed by atoms with van der Waals surface area (Å²) in [5.41, 5.74) is 11.0. The van der Waals surface area contributed by atoms with Crippen LogP contribution in [0.15, 0.2) is 42.5 Å². The monoisotopic (exact) mass is 306 g/mol. The zero-order chi connectivity index (χ0) is 16.0. The van der Waals surface area contributed by atoms with Gasteiger partial charge in [0.15, 0.2) is 0 Å². The van der Waals surface area contributed by atoms with E-state index in [1.165, 1.54) is 22.3 Å². The van der Waals surface area contributed by atoms with E-state index in [-0.39, 0.29) is 5.91 Å². The van der Waals surface area contributed by atoms with Crippen molar-refractivity contribution in [2.75, 3.05) is 6.54 Å². The molecule has 1 saturated heterocycles. The van der Waals surface area contributed by atoms with E-state index in [1.807, 2.05) is 30.3 Å². The van der Waals surface area contributed by atoms with Crippen LogP contribution in [0.2, 0.25) is 0 Å². The zero-order valence-corrected chi connectivity index (χ0v) is 12.8. The summed E-state index contributed by atoms with van der Waals surface area (Å²) in [6.07, 6.45) is 2.35. The fourth-order valence-electron chi connectivity index (χ4n) is 3.75. The molecule has 1 unspecified atom stereocenters. The maximum atomic E-state index is 12.8. The first-order chi connectivity index (χ1) is 11.1. The van der Waals surface area contributed by atoms with Gasteiger partial charge in [0, 0.05) is 12.1 Å². The number of nitrogens with zero attached hydrogens (tertiary/aromatic N) is 1. The van der Waals surface area contributed by atoms with Gasteiger partial charge in [-0.3, -0.25) is 9.59 Å². The van der Waals surface area contributed by atoms with Gasteiger partial charge in [0.25, 0.3) is 5.91 Å². The van der Waals surface area contributed by atoms with E-state index in [2.05, 4.69) is 12.1 Å². The first kappa shape index (κ1) is 14.0. The Kier molecular flexibility index (Phi) is 3.18. The van der Waals surface area contributed by atoms with E-state index in [0.29, 0.717) is 18.5 Å². The van der Waals surface area contributed by atoms with Crippen LogP contribution in [0.1, 0.15) is 34.3 Å². The van der Waals surface area contributed by atoms with Gasteiger partial charge in [-0.25, -0.2) is 0 Å². The van der Waals surface area contributed by atoms with E-state index in [4.69, 9.17) is 5.73 Å². The van der Waals surface area contributed by atoms with Gasteiger partial charge in [-0.1, -0.05) is 30.3 Å². The highest BCUT2D eigenvalue weighted by Crippen LogP contribution is 2.37. The van der Waals surface area contributed by atoms with Gasteiger partial charge in [-0.2, -0.15) is 0 Å². The second-order valence-electron chi connectivity index (χ2n) is 6.26. The summed E-state index contributed by atoms with van der Waals surface area (Å²) in [5, 5.41) is 0. The molecule has 116 valence electrons. The first-order valence-electron chi connectivity index (χ1n) is 7.96. The molecule has 0 radical (unpaired) electrons. The molecule has 4 heteroatoms. The van der Waals surface area contributed by atoms with Gasteiger partial charge in [-0.05, 0) is 53.6 Å². The summed E-state index contributed by atoms with van der Waals surface area (Å²) < 4.78 is 0. The van der Waals surface area contributed by atoms with Gasteiger partial charge < -0.3 is 10.6 Å². The third-order valence-corrected chi connectivity index (χ3v) is 4.88. The number of fused-ring (bicyclic) bond motifs is 3. The molecule has 1 atom stereocenters. The summed E-state index contributed by atoms with van der Waals surface area (Å²) in [5.74, 6) is -0.505. The van der Waals surface area contributed by atoms with Crippen molar-refractivity contribution in [1.82, 2.24) is 4.90 Å². The standard InChI is InChI=1S/C19H18N2O2/c20-18(22)17-6-3-9-21(17)19(23)13-7-8-16-14(11-13)10-12-4-1-2-5-15(12)16/h1-2,4-5,7-8,11,17H,3,6,9-10H2,(H2,20,22). The van der Waals surface area contributed by atoms with Crippen molar-refractivity contribution in [3.8, 4) is 11.1 Å². The van der Waals surface area contributed by atoms with Gasteiger partial charge in [-0.15, -0.1) is 0 Å². The van der Waals surface area contributed by atoms with Crippen molar-refractivity contribution in [2.24, 2.45) is 5.73 Å². The summed E-state index contributed by atoms with van der Waals surface area (Å²) in [6.45, 7) is 0.601. The normalized spacial score (nSPS) is 18.6. The molecule has 0 bridgehead atoms. The fourth-order valence-corrected chi connectivity index (χ4v) is 3.75. The molecule has 2 N–H and O–H groups in total. The molecule has 1 aliphatic heterocycles. The van der Waals surface area contributed by atoms with Crippen LogP contribution < -0.4 is 5.73 Å². The third kappa shape index (κ3) is 2.22. The number of rotatable bonds is 2. The fraction of sp³-hybridized carbons (Fsp3) is 0.263. The average molecular weight is 306 g/mol. The van der Waals surface area contributed by atoms with Crippen LogP contribution >= 0.6 is 0 Å². The molecular weight excluding hydrogens is 288 g/mol. The maximum Gasteiger partial charge on any atom is 0.254 e. The molecule has 1 heterocycles. The van der Waals surface area contributed by atoms with Gasteiger partial charge in [0.2, 0.25) is 5.91 Å². The number of carbonyl (C=O) groups is 2. The molecule has 0 spiro atoms. The number of amides is 2. The Morgan fingerprint density at radius 3 is 2.65 bits per heavy atom. The van der Waals surface area contributed by atoms with Crippen LogP contribution in [0.25, 0.3) is 11.1 Å². The predicted octanol–water partition coefficient (Wildman–Crippen LogP) is 2.35. The number of likely N-dealkylation sites (tertiary alicyclic amines) is 1. The Morgan fingerprint density at radius 2 is 1.83 bits per heavy atom.